The second kappa shape index (κ2) is 10.1. The number of benzene rings is 3. The molecule has 0 saturated heterocycles. The van der Waals surface area contributed by atoms with Crippen LogP contribution in [0.2, 0.25) is 0 Å². The Balaban J connectivity index is 1.59. The average molecular weight is 559 g/mol. The van der Waals surface area contributed by atoms with E-state index in [0.29, 0.717) is 34.3 Å². The smallest absolute Gasteiger partial charge is 0.251 e. The number of carbonyl (C=O) groups is 1. The Hall–Kier alpha value is -2.72. The molecular weight excluding hydrogens is 532 g/mol. The molecule has 7 nitrogen and oxygen atoms in total. The first kappa shape index (κ1) is 25.4. The molecule has 0 bridgehead atoms. The Kier molecular flexibility index (Phi) is 7.32. The van der Waals surface area contributed by atoms with E-state index in [0.717, 1.165) is 5.56 Å². The third-order valence-corrected chi connectivity index (χ3v) is 7.87. The molecule has 35 heavy (non-hydrogen) atoms. The number of hydrogen-bond donors (Lipinski definition) is 3. The van der Waals surface area contributed by atoms with Gasteiger partial charge in [-0.1, -0.05) is 52.3 Å². The van der Waals surface area contributed by atoms with Gasteiger partial charge in [-0.2, -0.15) is 0 Å². The van der Waals surface area contributed by atoms with Gasteiger partial charge in [0.2, 0.25) is 10.0 Å². The van der Waals surface area contributed by atoms with Crippen molar-refractivity contribution in [3.8, 4) is 5.75 Å². The Morgan fingerprint density at radius 2 is 1.80 bits per heavy atom. The first-order valence-electron chi connectivity index (χ1n) is 11.2. The van der Waals surface area contributed by atoms with Crippen LogP contribution in [0.1, 0.15) is 41.4 Å². The summed E-state index contributed by atoms with van der Waals surface area (Å²) in [6, 6.07) is 19.9. The van der Waals surface area contributed by atoms with Crippen LogP contribution in [0.3, 0.4) is 0 Å². The maximum absolute atomic E-state index is 13.2. The summed E-state index contributed by atoms with van der Waals surface area (Å²) in [6.45, 7) is 3.82. The van der Waals surface area contributed by atoms with Gasteiger partial charge in [-0.05, 0) is 62.2 Å². The maximum Gasteiger partial charge on any atom is 0.251 e. The van der Waals surface area contributed by atoms with Gasteiger partial charge in [0.15, 0.2) is 0 Å². The van der Waals surface area contributed by atoms with Gasteiger partial charge in [-0.25, -0.2) is 13.1 Å². The summed E-state index contributed by atoms with van der Waals surface area (Å²) < 4.78 is 35.5. The molecule has 0 aliphatic carbocycles. The number of amides is 1. The maximum atomic E-state index is 13.2. The molecule has 0 saturated carbocycles. The normalized spacial score (nSPS) is 18.9. The molecule has 1 aliphatic rings. The number of aliphatic hydroxyl groups is 1. The van der Waals surface area contributed by atoms with Crippen LogP contribution < -0.4 is 14.8 Å². The van der Waals surface area contributed by atoms with Crippen molar-refractivity contribution >= 4 is 31.9 Å². The predicted molar refractivity (Wildman–Crippen MR) is 137 cm³/mol. The van der Waals surface area contributed by atoms with Crippen LogP contribution in [-0.4, -0.2) is 37.7 Å². The van der Waals surface area contributed by atoms with E-state index in [1.807, 2.05) is 30.3 Å². The Morgan fingerprint density at radius 1 is 1.06 bits per heavy atom. The van der Waals surface area contributed by atoms with E-state index in [2.05, 4.69) is 26.0 Å². The number of hydrogen-bond acceptors (Lipinski definition) is 5. The van der Waals surface area contributed by atoms with Gasteiger partial charge in [-0.15, -0.1) is 0 Å². The molecule has 3 aromatic carbocycles. The molecule has 0 radical (unpaired) electrons. The van der Waals surface area contributed by atoms with Gasteiger partial charge in [0.1, 0.15) is 17.5 Å². The highest BCUT2D eigenvalue weighted by atomic mass is 79.9. The lowest BCUT2D eigenvalue weighted by Gasteiger charge is -2.42. The fourth-order valence-corrected chi connectivity index (χ4v) is 5.82. The molecule has 0 fully saturated rings. The molecule has 3 N–H and O–H groups in total. The number of carbonyl (C=O) groups excluding carboxylic acids is 1. The topological polar surface area (TPSA) is 105 Å². The van der Waals surface area contributed by atoms with Crippen molar-refractivity contribution in [1.29, 1.82) is 0 Å². The summed E-state index contributed by atoms with van der Waals surface area (Å²) in [5, 5.41) is 13.9. The quantitative estimate of drug-likeness (QED) is 0.407. The van der Waals surface area contributed by atoms with Gasteiger partial charge in [0.05, 0.1) is 10.9 Å². The van der Waals surface area contributed by atoms with Crippen LogP contribution in [0.25, 0.3) is 0 Å². The second-order valence-corrected chi connectivity index (χ2v) is 11.6. The Labute approximate surface area is 213 Å². The molecule has 1 aliphatic heterocycles. The fraction of sp³-hybridized carbons (Fsp3) is 0.269. The fourth-order valence-electron chi connectivity index (χ4n) is 4.01. The number of aliphatic hydroxyl groups excluding tert-OH is 1. The minimum absolute atomic E-state index is 0.0553. The molecule has 0 unspecified atom stereocenters. The summed E-state index contributed by atoms with van der Waals surface area (Å²) in [4.78, 5) is 12.9. The lowest BCUT2D eigenvalue weighted by atomic mass is 9.86. The second-order valence-electron chi connectivity index (χ2n) is 8.95. The Bertz CT molecular complexity index is 1330. The number of ether oxygens (including phenoxy) is 1. The molecule has 4 rings (SSSR count). The Morgan fingerprint density at radius 3 is 2.51 bits per heavy atom. The molecule has 2 atom stereocenters. The lowest BCUT2D eigenvalue weighted by Crippen LogP contribution is -2.53. The summed E-state index contributed by atoms with van der Waals surface area (Å²) in [7, 11) is -3.98. The number of rotatable bonds is 7. The van der Waals surface area contributed by atoms with Gasteiger partial charge in [0.25, 0.3) is 5.91 Å². The van der Waals surface area contributed by atoms with Crippen LogP contribution in [-0.2, 0) is 16.4 Å². The van der Waals surface area contributed by atoms with E-state index in [9.17, 15) is 18.3 Å². The van der Waals surface area contributed by atoms with Gasteiger partial charge >= 0.3 is 0 Å². The molecule has 3 aromatic rings. The van der Waals surface area contributed by atoms with Crippen LogP contribution in [0.5, 0.6) is 5.75 Å². The van der Waals surface area contributed by atoms with E-state index in [4.69, 9.17) is 4.74 Å². The minimum Gasteiger partial charge on any atom is -0.485 e. The summed E-state index contributed by atoms with van der Waals surface area (Å²) in [5.74, 6) is 0.111. The van der Waals surface area contributed by atoms with Gasteiger partial charge < -0.3 is 15.2 Å². The first-order valence-corrected chi connectivity index (χ1v) is 13.5. The van der Waals surface area contributed by atoms with Crippen LogP contribution >= 0.6 is 15.9 Å². The molecule has 184 valence electrons. The van der Waals surface area contributed by atoms with Crippen molar-refractivity contribution < 1.29 is 23.1 Å². The lowest BCUT2D eigenvalue weighted by molar-refractivity contribution is -0.0603. The summed E-state index contributed by atoms with van der Waals surface area (Å²) in [5.41, 5.74) is 0.792. The van der Waals surface area contributed by atoms with E-state index < -0.39 is 27.8 Å². The van der Waals surface area contributed by atoms with Crippen LogP contribution in [0, 0.1) is 0 Å². The van der Waals surface area contributed by atoms with Crippen LogP contribution in [0.4, 0.5) is 0 Å². The van der Waals surface area contributed by atoms with Crippen LogP contribution in [0.15, 0.2) is 82.2 Å². The van der Waals surface area contributed by atoms with Crippen molar-refractivity contribution in [2.45, 2.75) is 42.9 Å². The number of nitrogens with one attached hydrogen (secondary N) is 2. The molecule has 0 aromatic heterocycles. The first-order chi connectivity index (χ1) is 16.6. The standard InChI is InChI=1S/C26H27BrN2O5S/c1-26(2)24(30)23(29-35(32,33)20-10-6-9-19(27)16-20)21-15-18(11-12-22(21)34-26)25(31)28-14-13-17-7-4-3-5-8-17/h3-12,15-16,23-24,29-30H,13-14H2,1-2H3,(H,28,31)/t23-,24+/m1/s1. The molecule has 9 heteroatoms. The zero-order valence-corrected chi connectivity index (χ0v) is 21.8. The highest BCUT2D eigenvalue weighted by Crippen LogP contribution is 2.41. The molecule has 1 amide bonds. The monoisotopic (exact) mass is 558 g/mol. The zero-order chi connectivity index (χ0) is 25.2. The summed E-state index contributed by atoms with van der Waals surface area (Å²) in [6.07, 6.45) is -0.518. The minimum atomic E-state index is -3.98. The van der Waals surface area contributed by atoms with Gasteiger partial charge in [0, 0.05) is 22.1 Å². The van der Waals surface area contributed by atoms with Crippen molar-refractivity contribution in [2.75, 3.05) is 6.54 Å². The van der Waals surface area contributed by atoms with Crippen molar-refractivity contribution in [3.05, 3.63) is 94.0 Å². The van der Waals surface area contributed by atoms with E-state index in [1.165, 1.54) is 12.1 Å². The number of fused-ring (bicyclic) bond motifs is 1. The zero-order valence-electron chi connectivity index (χ0n) is 19.4. The third-order valence-electron chi connectivity index (χ3n) is 5.94. The number of sulfonamides is 1. The highest BCUT2D eigenvalue weighted by Gasteiger charge is 2.44. The van der Waals surface area contributed by atoms with E-state index in [-0.39, 0.29) is 10.8 Å². The number of halogens is 1. The molecular formula is C26H27BrN2O5S. The largest absolute Gasteiger partial charge is 0.485 e. The molecule has 0 spiro atoms. The average Bonchev–Trinajstić information content (AvgIpc) is 2.82. The van der Waals surface area contributed by atoms with Crippen molar-refractivity contribution in [1.82, 2.24) is 10.0 Å². The van der Waals surface area contributed by atoms with Gasteiger partial charge in [-0.3, -0.25) is 4.79 Å². The predicted octanol–water partition coefficient (Wildman–Crippen LogP) is 3.97. The van der Waals surface area contributed by atoms with E-state index in [1.54, 1.807) is 44.2 Å². The third kappa shape index (κ3) is 5.75. The van der Waals surface area contributed by atoms with E-state index >= 15 is 0 Å². The molecule has 1 heterocycles. The summed E-state index contributed by atoms with van der Waals surface area (Å²) >= 11 is 3.29. The SMILES string of the molecule is CC1(C)Oc2ccc(C(=O)NCCc3ccccc3)cc2[C@@H](NS(=O)(=O)c2cccc(Br)c2)[C@@H]1O. The van der Waals surface area contributed by atoms with Crippen molar-refractivity contribution in [3.63, 3.8) is 0 Å². The van der Waals surface area contributed by atoms with Crippen molar-refractivity contribution in [2.24, 2.45) is 0 Å². The highest BCUT2D eigenvalue weighted by molar-refractivity contribution is 9.10.